The molecule has 3 heterocycles. The molecule has 0 bridgehead atoms. The number of nitrogens with zero attached hydrogens (tertiary/aromatic N) is 1. The van der Waals surface area contributed by atoms with Crippen LogP contribution in [0.25, 0.3) is 0 Å². The van der Waals surface area contributed by atoms with E-state index in [1.165, 1.54) is 24.3 Å². The van der Waals surface area contributed by atoms with Gasteiger partial charge in [-0.2, -0.15) is 11.8 Å². The number of carbonyl (C=O) groups excluding carboxylic acids is 1. The van der Waals surface area contributed by atoms with Crippen LogP contribution < -0.4 is 0 Å². The highest BCUT2D eigenvalue weighted by atomic mass is 32.2. The summed E-state index contributed by atoms with van der Waals surface area (Å²) in [4.78, 5) is 14.6. The normalized spacial score (nSPS) is 33.2. The number of hydrogen-bond acceptors (Lipinski definition) is 5. The van der Waals surface area contributed by atoms with E-state index in [0.717, 1.165) is 38.8 Å². The summed E-state index contributed by atoms with van der Waals surface area (Å²) in [7, 11) is 0. The van der Waals surface area contributed by atoms with Crippen LogP contribution in [0.3, 0.4) is 0 Å². The molecule has 3 rings (SSSR count). The molecule has 0 aromatic carbocycles. The molecule has 120 valence electrons. The van der Waals surface area contributed by atoms with E-state index in [0.29, 0.717) is 12.6 Å². The number of carbonyl (C=O) groups is 1. The zero-order valence-corrected chi connectivity index (χ0v) is 13.8. The van der Waals surface area contributed by atoms with Gasteiger partial charge in [0.2, 0.25) is 0 Å². The third-order valence-corrected chi connectivity index (χ3v) is 6.18. The van der Waals surface area contributed by atoms with Crippen LogP contribution in [0.15, 0.2) is 0 Å². The molecule has 0 saturated carbocycles. The van der Waals surface area contributed by atoms with Crippen LogP contribution in [0.1, 0.15) is 45.4 Å². The minimum absolute atomic E-state index is 0.0111. The fourth-order valence-electron chi connectivity index (χ4n) is 4.09. The van der Waals surface area contributed by atoms with Gasteiger partial charge >= 0.3 is 5.97 Å². The lowest BCUT2D eigenvalue weighted by molar-refractivity contribution is -0.153. The van der Waals surface area contributed by atoms with Gasteiger partial charge in [-0.3, -0.25) is 9.69 Å². The quantitative estimate of drug-likeness (QED) is 0.748. The van der Waals surface area contributed by atoms with Crippen LogP contribution >= 0.6 is 11.8 Å². The molecule has 3 saturated heterocycles. The zero-order chi connectivity index (χ0) is 14.7. The Bertz CT molecular complexity index is 365. The minimum atomic E-state index is -0.0188. The molecule has 0 N–H and O–H groups in total. The van der Waals surface area contributed by atoms with Crippen molar-refractivity contribution in [1.29, 1.82) is 0 Å². The van der Waals surface area contributed by atoms with Crippen molar-refractivity contribution < 1.29 is 14.3 Å². The molecule has 1 spiro atoms. The number of esters is 1. The Kier molecular flexibility index (Phi) is 5.12. The van der Waals surface area contributed by atoms with Crippen molar-refractivity contribution in [3.63, 3.8) is 0 Å². The Morgan fingerprint density at radius 3 is 2.95 bits per heavy atom. The summed E-state index contributed by atoms with van der Waals surface area (Å²) in [6.07, 6.45) is 6.58. The Morgan fingerprint density at radius 1 is 1.38 bits per heavy atom. The van der Waals surface area contributed by atoms with Crippen LogP contribution in [-0.4, -0.2) is 59.8 Å². The summed E-state index contributed by atoms with van der Waals surface area (Å²) in [5.74, 6) is 2.41. The molecule has 0 radical (unpaired) electrons. The molecule has 0 amide bonds. The summed E-state index contributed by atoms with van der Waals surface area (Å²) >= 11 is 2.04. The number of ether oxygens (including phenoxy) is 2. The number of rotatable bonds is 3. The number of likely N-dealkylation sites (tertiary alicyclic amines) is 1. The maximum Gasteiger partial charge on any atom is 0.323 e. The first-order chi connectivity index (χ1) is 10.2. The van der Waals surface area contributed by atoms with Gasteiger partial charge in [-0.15, -0.1) is 0 Å². The highest BCUT2D eigenvalue weighted by Crippen LogP contribution is 2.40. The van der Waals surface area contributed by atoms with Gasteiger partial charge in [0, 0.05) is 12.6 Å². The summed E-state index contributed by atoms with van der Waals surface area (Å²) < 4.78 is 11.5. The zero-order valence-electron chi connectivity index (χ0n) is 13.0. The fraction of sp³-hybridized carbons (Fsp3) is 0.938. The van der Waals surface area contributed by atoms with E-state index in [1.807, 2.05) is 18.7 Å². The lowest BCUT2D eigenvalue weighted by Gasteiger charge is -2.46. The molecular weight excluding hydrogens is 286 g/mol. The average molecular weight is 313 g/mol. The van der Waals surface area contributed by atoms with Crippen molar-refractivity contribution >= 4 is 17.7 Å². The van der Waals surface area contributed by atoms with Gasteiger partial charge in [-0.25, -0.2) is 0 Å². The van der Waals surface area contributed by atoms with Gasteiger partial charge in [0.15, 0.2) is 0 Å². The van der Waals surface area contributed by atoms with Gasteiger partial charge in [-0.1, -0.05) is 0 Å². The fourth-order valence-corrected chi connectivity index (χ4v) is 5.33. The summed E-state index contributed by atoms with van der Waals surface area (Å²) in [6.45, 7) is 4.26. The third-order valence-electron chi connectivity index (χ3n) is 5.19. The molecule has 21 heavy (non-hydrogen) atoms. The molecule has 3 aliphatic rings. The molecular formula is C16H27NO3S. The van der Waals surface area contributed by atoms with Gasteiger partial charge < -0.3 is 9.47 Å². The Morgan fingerprint density at radius 2 is 2.19 bits per heavy atom. The number of hydrogen-bond donors (Lipinski definition) is 0. The van der Waals surface area contributed by atoms with E-state index >= 15 is 0 Å². The van der Waals surface area contributed by atoms with E-state index in [-0.39, 0.29) is 17.6 Å². The van der Waals surface area contributed by atoms with Crippen LogP contribution in [0.4, 0.5) is 0 Å². The van der Waals surface area contributed by atoms with Crippen LogP contribution in [0, 0.1) is 0 Å². The van der Waals surface area contributed by atoms with Crippen LogP contribution in [-0.2, 0) is 14.3 Å². The highest BCUT2D eigenvalue weighted by molar-refractivity contribution is 7.99. The topological polar surface area (TPSA) is 38.8 Å². The predicted octanol–water partition coefficient (Wildman–Crippen LogP) is 2.46. The smallest absolute Gasteiger partial charge is 0.323 e. The SMILES string of the molecule is CCOC(=O)C1CCCN1C1CCOC2(CCSCC2)C1. The first-order valence-corrected chi connectivity index (χ1v) is 9.54. The van der Waals surface area contributed by atoms with Crippen molar-refractivity contribution in [2.75, 3.05) is 31.3 Å². The standard InChI is InChI=1S/C16H27NO3S/c1-2-19-15(18)14-4-3-8-17(14)13-5-9-20-16(12-13)6-10-21-11-7-16/h13-14H,2-12H2,1H3. The maximum atomic E-state index is 12.2. The van der Waals surface area contributed by atoms with Crippen molar-refractivity contribution in [2.45, 2.75) is 63.1 Å². The summed E-state index contributed by atoms with van der Waals surface area (Å²) in [5.41, 5.74) is 0.0932. The van der Waals surface area contributed by atoms with Crippen molar-refractivity contribution in [2.24, 2.45) is 0 Å². The molecule has 4 nitrogen and oxygen atoms in total. The van der Waals surface area contributed by atoms with E-state index < -0.39 is 0 Å². The summed E-state index contributed by atoms with van der Waals surface area (Å²) in [6, 6.07) is 0.488. The van der Waals surface area contributed by atoms with E-state index in [9.17, 15) is 4.79 Å². The van der Waals surface area contributed by atoms with Crippen molar-refractivity contribution in [1.82, 2.24) is 4.90 Å². The molecule has 3 fully saturated rings. The molecule has 0 aromatic rings. The molecule has 0 aromatic heterocycles. The second kappa shape index (κ2) is 6.88. The van der Waals surface area contributed by atoms with Crippen molar-refractivity contribution in [3.05, 3.63) is 0 Å². The van der Waals surface area contributed by atoms with E-state index in [4.69, 9.17) is 9.47 Å². The lowest BCUT2D eigenvalue weighted by Crippen LogP contribution is -2.53. The van der Waals surface area contributed by atoms with Gasteiger partial charge in [0.05, 0.1) is 12.2 Å². The largest absolute Gasteiger partial charge is 0.465 e. The maximum absolute atomic E-state index is 12.2. The van der Waals surface area contributed by atoms with Crippen LogP contribution in [0.2, 0.25) is 0 Å². The Labute approximate surface area is 131 Å². The third kappa shape index (κ3) is 3.40. The monoisotopic (exact) mass is 313 g/mol. The molecule has 5 heteroatoms. The molecule has 2 unspecified atom stereocenters. The molecule has 0 aliphatic carbocycles. The van der Waals surface area contributed by atoms with Gasteiger partial charge in [-0.05, 0) is 63.5 Å². The van der Waals surface area contributed by atoms with E-state index in [2.05, 4.69) is 4.90 Å². The lowest BCUT2D eigenvalue weighted by atomic mass is 9.84. The average Bonchev–Trinajstić information content (AvgIpc) is 2.98. The van der Waals surface area contributed by atoms with Gasteiger partial charge in [0.25, 0.3) is 0 Å². The van der Waals surface area contributed by atoms with Gasteiger partial charge in [0.1, 0.15) is 6.04 Å². The first kappa shape index (κ1) is 15.6. The second-order valence-corrected chi connectivity index (χ2v) is 7.66. The van der Waals surface area contributed by atoms with Crippen molar-refractivity contribution in [3.8, 4) is 0 Å². The molecule has 2 atom stereocenters. The predicted molar refractivity (Wildman–Crippen MR) is 84.6 cm³/mol. The Balaban J connectivity index is 1.66. The minimum Gasteiger partial charge on any atom is -0.465 e. The first-order valence-electron chi connectivity index (χ1n) is 8.38. The highest BCUT2D eigenvalue weighted by Gasteiger charge is 2.44. The van der Waals surface area contributed by atoms with E-state index in [1.54, 1.807) is 0 Å². The van der Waals surface area contributed by atoms with Crippen LogP contribution in [0.5, 0.6) is 0 Å². The summed E-state index contributed by atoms with van der Waals surface area (Å²) in [5, 5.41) is 0. The number of thioether (sulfide) groups is 1. The molecule has 3 aliphatic heterocycles. The second-order valence-electron chi connectivity index (χ2n) is 6.44. The Hall–Kier alpha value is -0.260.